The third-order valence-electron chi connectivity index (χ3n) is 4.23. The molecule has 2 aliphatic rings. The first-order valence-electron chi connectivity index (χ1n) is 7.01. The highest BCUT2D eigenvalue weighted by atomic mass is 32.2. The predicted molar refractivity (Wildman–Crippen MR) is 75.0 cm³/mol. The molecule has 1 aromatic rings. The summed E-state index contributed by atoms with van der Waals surface area (Å²) in [6.45, 7) is 2.03. The van der Waals surface area contributed by atoms with Crippen molar-refractivity contribution in [3.05, 3.63) is 28.7 Å². The minimum atomic E-state index is -3.56. The van der Waals surface area contributed by atoms with E-state index in [0.29, 0.717) is 6.04 Å². The molecule has 2 fully saturated rings. The van der Waals surface area contributed by atoms with Crippen LogP contribution in [0.3, 0.4) is 0 Å². The molecule has 0 radical (unpaired) electrons. The minimum Gasteiger partial charge on any atom is -0.328 e. The van der Waals surface area contributed by atoms with Gasteiger partial charge in [-0.3, -0.25) is 9.69 Å². The smallest absolute Gasteiger partial charge is 0.247 e. The van der Waals surface area contributed by atoms with Gasteiger partial charge in [-0.1, -0.05) is 6.42 Å². The molecule has 7 heteroatoms. The van der Waals surface area contributed by atoms with Crippen LogP contribution in [0.5, 0.6) is 0 Å². The monoisotopic (exact) mass is 297 g/mol. The molecule has 2 aliphatic heterocycles. The standard InChI is InChI=1S/C13H19N3O3S/c17-13-5-4-10(9-14-13)20(18,19)15-11-6-8-16-7-2-1-3-12(11)16/h4-5,9,11-12,15H,1-3,6-8H2,(H,14,17). The van der Waals surface area contributed by atoms with Crippen LogP contribution in [0.2, 0.25) is 0 Å². The summed E-state index contributed by atoms with van der Waals surface area (Å²) in [7, 11) is -3.56. The Labute approximate surface area is 118 Å². The number of nitrogens with one attached hydrogen (secondary N) is 2. The van der Waals surface area contributed by atoms with E-state index in [1.807, 2.05) is 0 Å². The highest BCUT2D eigenvalue weighted by molar-refractivity contribution is 7.89. The Morgan fingerprint density at radius 3 is 2.80 bits per heavy atom. The Hall–Kier alpha value is -1.18. The third kappa shape index (κ3) is 2.65. The maximum absolute atomic E-state index is 12.3. The number of aromatic nitrogens is 1. The Balaban J connectivity index is 1.76. The molecule has 2 atom stereocenters. The Morgan fingerprint density at radius 1 is 1.20 bits per heavy atom. The van der Waals surface area contributed by atoms with Gasteiger partial charge in [0.1, 0.15) is 0 Å². The van der Waals surface area contributed by atoms with Gasteiger partial charge in [-0.25, -0.2) is 13.1 Å². The first kappa shape index (κ1) is 13.8. The van der Waals surface area contributed by atoms with Gasteiger partial charge in [0.15, 0.2) is 0 Å². The maximum atomic E-state index is 12.3. The Kier molecular flexibility index (Phi) is 3.66. The molecule has 110 valence electrons. The average Bonchev–Trinajstić information content (AvgIpc) is 2.82. The van der Waals surface area contributed by atoms with Gasteiger partial charge in [-0.2, -0.15) is 0 Å². The van der Waals surface area contributed by atoms with E-state index in [0.717, 1.165) is 32.4 Å². The number of nitrogens with zero attached hydrogens (tertiary/aromatic N) is 1. The van der Waals surface area contributed by atoms with Crippen molar-refractivity contribution in [2.75, 3.05) is 13.1 Å². The molecule has 0 saturated carbocycles. The lowest BCUT2D eigenvalue weighted by molar-refractivity contribution is 0.186. The summed E-state index contributed by atoms with van der Waals surface area (Å²) in [5.74, 6) is 0. The lowest BCUT2D eigenvalue weighted by Gasteiger charge is -2.32. The van der Waals surface area contributed by atoms with Crippen LogP contribution in [-0.2, 0) is 10.0 Å². The minimum absolute atomic E-state index is 0.0211. The molecule has 2 N–H and O–H groups in total. The van der Waals surface area contributed by atoms with E-state index in [-0.39, 0.29) is 16.5 Å². The van der Waals surface area contributed by atoms with Crippen molar-refractivity contribution in [2.45, 2.75) is 42.7 Å². The number of hydrogen-bond acceptors (Lipinski definition) is 4. The van der Waals surface area contributed by atoms with Gasteiger partial charge in [0.25, 0.3) is 0 Å². The van der Waals surface area contributed by atoms with Crippen molar-refractivity contribution in [2.24, 2.45) is 0 Å². The van der Waals surface area contributed by atoms with Crippen LogP contribution in [0.15, 0.2) is 28.0 Å². The van der Waals surface area contributed by atoms with Gasteiger partial charge < -0.3 is 4.98 Å². The lowest BCUT2D eigenvalue weighted by atomic mass is 10.00. The van der Waals surface area contributed by atoms with Crippen LogP contribution in [-0.4, -0.2) is 43.5 Å². The SMILES string of the molecule is O=c1ccc(S(=O)(=O)NC2CCN3CCCCC23)c[nH]1. The molecule has 2 saturated heterocycles. The fraction of sp³-hybridized carbons (Fsp3) is 0.615. The molecule has 20 heavy (non-hydrogen) atoms. The molecule has 0 amide bonds. The normalized spacial score (nSPS) is 27.4. The number of piperidine rings is 1. The van der Waals surface area contributed by atoms with E-state index in [9.17, 15) is 13.2 Å². The zero-order valence-electron chi connectivity index (χ0n) is 11.2. The van der Waals surface area contributed by atoms with E-state index in [1.165, 1.54) is 24.8 Å². The van der Waals surface area contributed by atoms with E-state index in [2.05, 4.69) is 14.6 Å². The predicted octanol–water partition coefficient (Wildman–Crippen LogP) is 0.280. The molecular weight excluding hydrogens is 278 g/mol. The molecule has 2 unspecified atom stereocenters. The molecule has 0 spiro atoms. The van der Waals surface area contributed by atoms with E-state index in [1.54, 1.807) is 0 Å². The highest BCUT2D eigenvalue weighted by Gasteiger charge is 2.37. The van der Waals surface area contributed by atoms with Crippen molar-refractivity contribution in [1.82, 2.24) is 14.6 Å². The van der Waals surface area contributed by atoms with Crippen molar-refractivity contribution in [3.63, 3.8) is 0 Å². The summed E-state index contributed by atoms with van der Waals surface area (Å²) in [6.07, 6.45) is 5.53. The van der Waals surface area contributed by atoms with Crippen LogP contribution in [0, 0.1) is 0 Å². The van der Waals surface area contributed by atoms with Crippen LogP contribution >= 0.6 is 0 Å². The number of sulfonamides is 1. The fourth-order valence-electron chi connectivity index (χ4n) is 3.22. The van der Waals surface area contributed by atoms with Crippen LogP contribution < -0.4 is 10.3 Å². The van der Waals surface area contributed by atoms with E-state index < -0.39 is 10.0 Å². The Morgan fingerprint density at radius 2 is 2.05 bits per heavy atom. The summed E-state index contributed by atoms with van der Waals surface area (Å²) in [4.78, 5) is 15.9. The van der Waals surface area contributed by atoms with E-state index in [4.69, 9.17) is 0 Å². The van der Waals surface area contributed by atoms with Crippen molar-refractivity contribution < 1.29 is 8.42 Å². The Bertz CT molecular complexity index is 620. The fourth-order valence-corrected chi connectivity index (χ4v) is 4.49. The number of H-pyrrole nitrogens is 1. The van der Waals surface area contributed by atoms with Crippen LogP contribution in [0.4, 0.5) is 0 Å². The molecule has 0 bridgehead atoms. The number of aromatic amines is 1. The first-order valence-corrected chi connectivity index (χ1v) is 8.50. The zero-order valence-corrected chi connectivity index (χ0v) is 12.0. The molecule has 6 nitrogen and oxygen atoms in total. The summed E-state index contributed by atoms with van der Waals surface area (Å²) in [6, 6.07) is 2.87. The average molecular weight is 297 g/mol. The second-order valence-corrected chi connectivity index (χ2v) is 7.22. The van der Waals surface area contributed by atoms with Gasteiger partial charge >= 0.3 is 0 Å². The second-order valence-electron chi connectivity index (χ2n) is 5.50. The van der Waals surface area contributed by atoms with Gasteiger partial charge in [0.05, 0.1) is 4.90 Å². The zero-order chi connectivity index (χ0) is 14.2. The third-order valence-corrected chi connectivity index (χ3v) is 5.72. The lowest BCUT2D eigenvalue weighted by Crippen LogP contribution is -2.46. The quantitative estimate of drug-likeness (QED) is 0.839. The molecule has 3 heterocycles. The number of rotatable bonds is 3. The number of pyridine rings is 1. The topological polar surface area (TPSA) is 82.3 Å². The van der Waals surface area contributed by atoms with E-state index >= 15 is 0 Å². The van der Waals surface area contributed by atoms with Crippen molar-refractivity contribution >= 4 is 10.0 Å². The molecule has 1 aromatic heterocycles. The number of hydrogen-bond donors (Lipinski definition) is 2. The summed E-state index contributed by atoms with van der Waals surface area (Å²) < 4.78 is 27.4. The van der Waals surface area contributed by atoms with Crippen LogP contribution in [0.1, 0.15) is 25.7 Å². The molecule has 0 aliphatic carbocycles. The maximum Gasteiger partial charge on any atom is 0.247 e. The molecular formula is C13H19N3O3S. The number of fused-ring (bicyclic) bond motifs is 1. The van der Waals surface area contributed by atoms with Gasteiger partial charge in [0, 0.05) is 30.9 Å². The van der Waals surface area contributed by atoms with Gasteiger partial charge in [0.2, 0.25) is 15.6 Å². The van der Waals surface area contributed by atoms with Crippen LogP contribution in [0.25, 0.3) is 0 Å². The first-order chi connectivity index (χ1) is 9.56. The largest absolute Gasteiger partial charge is 0.328 e. The summed E-state index contributed by atoms with van der Waals surface area (Å²) in [5.41, 5.74) is -0.303. The van der Waals surface area contributed by atoms with Gasteiger partial charge in [-0.05, 0) is 31.9 Å². The molecule has 0 aromatic carbocycles. The second kappa shape index (κ2) is 5.31. The van der Waals surface area contributed by atoms with Crippen molar-refractivity contribution in [1.29, 1.82) is 0 Å². The summed E-state index contributed by atoms with van der Waals surface area (Å²) in [5, 5.41) is 0. The summed E-state index contributed by atoms with van der Waals surface area (Å²) >= 11 is 0. The molecule has 3 rings (SSSR count). The highest BCUT2D eigenvalue weighted by Crippen LogP contribution is 2.28. The van der Waals surface area contributed by atoms with Crippen molar-refractivity contribution in [3.8, 4) is 0 Å². The van der Waals surface area contributed by atoms with Gasteiger partial charge in [-0.15, -0.1) is 0 Å².